The molecule has 1 aromatic carbocycles. The van der Waals surface area contributed by atoms with E-state index >= 15 is 0 Å². The molecule has 1 atom stereocenters. The molecule has 1 heterocycles. The van der Waals surface area contributed by atoms with Gasteiger partial charge in [-0.25, -0.2) is 0 Å². The lowest BCUT2D eigenvalue weighted by atomic mass is 10.1. The van der Waals surface area contributed by atoms with Crippen molar-refractivity contribution in [3.05, 3.63) is 33.9 Å². The van der Waals surface area contributed by atoms with Gasteiger partial charge in [0.2, 0.25) is 0 Å². The fourth-order valence-electron chi connectivity index (χ4n) is 2.02. The summed E-state index contributed by atoms with van der Waals surface area (Å²) in [5.41, 5.74) is 0.800. The molecule has 0 amide bonds. The van der Waals surface area contributed by atoms with Crippen molar-refractivity contribution in [1.29, 1.82) is 5.41 Å². The van der Waals surface area contributed by atoms with Crippen molar-refractivity contribution < 1.29 is 9.66 Å². The van der Waals surface area contributed by atoms with Gasteiger partial charge in [0.05, 0.1) is 16.2 Å². The smallest absolute Gasteiger partial charge is 0.280 e. The molecular weight excluding hydrogens is 234 g/mol. The molecule has 1 unspecified atom stereocenters. The van der Waals surface area contributed by atoms with Gasteiger partial charge in [-0.2, -0.15) is 0 Å². The van der Waals surface area contributed by atoms with Crippen molar-refractivity contribution in [3.8, 4) is 0 Å². The van der Waals surface area contributed by atoms with E-state index in [9.17, 15) is 10.1 Å². The van der Waals surface area contributed by atoms with Gasteiger partial charge >= 0.3 is 0 Å². The van der Waals surface area contributed by atoms with Crippen molar-refractivity contribution in [1.82, 2.24) is 0 Å². The number of benzene rings is 1. The van der Waals surface area contributed by atoms with Crippen molar-refractivity contribution >= 4 is 17.6 Å². The SMILES string of the molecule is N=Cc1c(NC2CCCCO2)cccc1[N+](=O)[O-]. The second-order valence-corrected chi connectivity index (χ2v) is 4.14. The first-order valence-corrected chi connectivity index (χ1v) is 5.88. The highest BCUT2D eigenvalue weighted by atomic mass is 16.6. The van der Waals surface area contributed by atoms with Crippen LogP contribution in [0.2, 0.25) is 0 Å². The van der Waals surface area contributed by atoms with E-state index in [-0.39, 0.29) is 17.5 Å². The molecule has 1 fully saturated rings. The molecule has 1 aliphatic rings. The zero-order valence-corrected chi connectivity index (χ0v) is 9.89. The molecule has 0 saturated carbocycles. The molecule has 0 bridgehead atoms. The van der Waals surface area contributed by atoms with Gasteiger partial charge < -0.3 is 15.5 Å². The first-order valence-electron chi connectivity index (χ1n) is 5.88. The van der Waals surface area contributed by atoms with Crippen LogP contribution in [0.25, 0.3) is 0 Å². The van der Waals surface area contributed by atoms with Gasteiger partial charge in [0, 0.05) is 18.9 Å². The van der Waals surface area contributed by atoms with Crippen LogP contribution in [0.4, 0.5) is 11.4 Å². The zero-order chi connectivity index (χ0) is 13.0. The zero-order valence-electron chi connectivity index (χ0n) is 9.89. The predicted octanol–water partition coefficient (Wildman–Crippen LogP) is 2.53. The van der Waals surface area contributed by atoms with E-state index in [1.54, 1.807) is 12.1 Å². The van der Waals surface area contributed by atoms with E-state index in [2.05, 4.69) is 5.32 Å². The van der Waals surface area contributed by atoms with Crippen LogP contribution in [-0.2, 0) is 4.74 Å². The lowest BCUT2D eigenvalue weighted by molar-refractivity contribution is -0.384. The molecule has 0 aliphatic carbocycles. The highest BCUT2D eigenvalue weighted by molar-refractivity contribution is 5.91. The molecule has 1 saturated heterocycles. The monoisotopic (exact) mass is 249 g/mol. The first-order chi connectivity index (χ1) is 8.72. The van der Waals surface area contributed by atoms with E-state index in [4.69, 9.17) is 10.1 Å². The largest absolute Gasteiger partial charge is 0.359 e. The van der Waals surface area contributed by atoms with Gasteiger partial charge in [0.15, 0.2) is 0 Å². The maximum atomic E-state index is 10.9. The number of nitrogens with zero attached hydrogens (tertiary/aromatic N) is 1. The Bertz CT molecular complexity index is 456. The first kappa shape index (κ1) is 12.5. The minimum absolute atomic E-state index is 0.0641. The molecular formula is C12H15N3O3. The molecule has 1 aromatic rings. The van der Waals surface area contributed by atoms with Crippen molar-refractivity contribution in [3.63, 3.8) is 0 Å². The summed E-state index contributed by atoms with van der Waals surface area (Å²) in [4.78, 5) is 10.4. The summed E-state index contributed by atoms with van der Waals surface area (Å²) in [5, 5.41) is 21.3. The summed E-state index contributed by atoms with van der Waals surface area (Å²) in [6, 6.07) is 4.73. The summed E-state index contributed by atoms with van der Waals surface area (Å²) in [6.45, 7) is 0.701. The topological polar surface area (TPSA) is 88.2 Å². The van der Waals surface area contributed by atoms with Crippen LogP contribution in [-0.4, -0.2) is 24.0 Å². The third kappa shape index (κ3) is 2.65. The normalized spacial score (nSPS) is 19.2. The number of nitro benzene ring substituents is 1. The highest BCUT2D eigenvalue weighted by Crippen LogP contribution is 2.26. The summed E-state index contributed by atoms with van der Waals surface area (Å²) < 4.78 is 5.53. The van der Waals surface area contributed by atoms with Gasteiger partial charge in [-0.1, -0.05) is 6.07 Å². The highest BCUT2D eigenvalue weighted by Gasteiger charge is 2.19. The Kier molecular flexibility index (Phi) is 3.88. The molecule has 6 heteroatoms. The number of hydrogen-bond donors (Lipinski definition) is 2. The van der Waals surface area contributed by atoms with Crippen LogP contribution in [0.1, 0.15) is 24.8 Å². The number of rotatable bonds is 4. The Labute approximate surface area is 105 Å². The van der Waals surface area contributed by atoms with Gasteiger partial charge in [0.25, 0.3) is 5.69 Å². The predicted molar refractivity (Wildman–Crippen MR) is 68.2 cm³/mol. The van der Waals surface area contributed by atoms with Crippen LogP contribution >= 0.6 is 0 Å². The Morgan fingerprint density at radius 2 is 2.33 bits per heavy atom. The minimum atomic E-state index is -0.479. The second kappa shape index (κ2) is 5.59. The number of ether oxygens (including phenoxy) is 1. The maximum absolute atomic E-state index is 10.9. The Balaban J connectivity index is 2.23. The lowest BCUT2D eigenvalue weighted by Crippen LogP contribution is -2.27. The number of nitro groups is 1. The van der Waals surface area contributed by atoms with Crippen molar-refractivity contribution in [2.45, 2.75) is 25.5 Å². The van der Waals surface area contributed by atoms with Crippen LogP contribution in [0.3, 0.4) is 0 Å². The fraction of sp³-hybridized carbons (Fsp3) is 0.417. The molecule has 18 heavy (non-hydrogen) atoms. The number of nitrogens with one attached hydrogen (secondary N) is 2. The van der Waals surface area contributed by atoms with Crippen LogP contribution in [0.5, 0.6) is 0 Å². The van der Waals surface area contributed by atoms with Gasteiger partial charge in [-0.3, -0.25) is 10.1 Å². The summed E-state index contributed by atoms with van der Waals surface area (Å²) in [6.07, 6.45) is 3.87. The average molecular weight is 249 g/mol. The quantitative estimate of drug-likeness (QED) is 0.487. The average Bonchev–Trinajstić information content (AvgIpc) is 2.39. The van der Waals surface area contributed by atoms with E-state index in [0.717, 1.165) is 25.5 Å². The van der Waals surface area contributed by atoms with Crippen molar-refractivity contribution in [2.24, 2.45) is 0 Å². The van der Waals surface area contributed by atoms with E-state index < -0.39 is 4.92 Å². The number of hydrogen-bond acceptors (Lipinski definition) is 5. The minimum Gasteiger partial charge on any atom is -0.359 e. The third-order valence-corrected chi connectivity index (χ3v) is 2.92. The molecule has 96 valence electrons. The third-order valence-electron chi connectivity index (χ3n) is 2.92. The molecule has 2 rings (SSSR count). The summed E-state index contributed by atoms with van der Waals surface area (Å²) in [7, 11) is 0. The molecule has 2 N–H and O–H groups in total. The van der Waals surface area contributed by atoms with Gasteiger partial charge in [-0.15, -0.1) is 0 Å². The Morgan fingerprint density at radius 3 is 2.94 bits per heavy atom. The van der Waals surface area contributed by atoms with Crippen molar-refractivity contribution in [2.75, 3.05) is 11.9 Å². The second-order valence-electron chi connectivity index (χ2n) is 4.14. The molecule has 6 nitrogen and oxygen atoms in total. The lowest BCUT2D eigenvalue weighted by Gasteiger charge is -2.25. The molecule has 1 aliphatic heterocycles. The molecule has 0 spiro atoms. The molecule has 0 aromatic heterocycles. The van der Waals surface area contributed by atoms with Crippen LogP contribution in [0.15, 0.2) is 18.2 Å². The maximum Gasteiger partial charge on any atom is 0.280 e. The molecule has 0 radical (unpaired) electrons. The van der Waals surface area contributed by atoms with Crippen LogP contribution < -0.4 is 5.32 Å². The van der Waals surface area contributed by atoms with E-state index in [0.29, 0.717) is 12.3 Å². The Morgan fingerprint density at radius 1 is 1.50 bits per heavy atom. The Hall–Kier alpha value is -1.95. The standard InChI is InChI=1S/C12H15N3O3/c13-8-9-10(4-3-5-11(9)15(16)17)14-12-6-1-2-7-18-12/h3-5,8,12-14H,1-2,6-7H2. The van der Waals surface area contributed by atoms with Gasteiger partial charge in [0.1, 0.15) is 6.23 Å². The summed E-state index contributed by atoms with van der Waals surface area (Å²) in [5.74, 6) is 0. The number of anilines is 1. The fourth-order valence-corrected chi connectivity index (χ4v) is 2.02. The van der Waals surface area contributed by atoms with Crippen LogP contribution in [0, 0.1) is 15.5 Å². The van der Waals surface area contributed by atoms with E-state index in [1.807, 2.05) is 0 Å². The summed E-state index contributed by atoms with van der Waals surface area (Å²) >= 11 is 0. The van der Waals surface area contributed by atoms with Gasteiger partial charge in [-0.05, 0) is 25.3 Å². The van der Waals surface area contributed by atoms with E-state index in [1.165, 1.54) is 6.07 Å².